The Hall–Kier alpha value is -0.610. The molecular formula is C14H26N2O2. The standard InChI is InChI=1S/C14H26N2O2/c1-16(2)14(8-4-5-9-14)10-15-12(11-6-7-11)13(17)18-3/h11-12,15H,4-10H2,1-3H3. The number of carbonyl (C=O) groups is 1. The summed E-state index contributed by atoms with van der Waals surface area (Å²) < 4.78 is 4.91. The maximum atomic E-state index is 11.8. The molecule has 4 heteroatoms. The molecule has 2 saturated carbocycles. The zero-order valence-electron chi connectivity index (χ0n) is 11.9. The van der Waals surface area contributed by atoms with Gasteiger partial charge in [0, 0.05) is 12.1 Å². The van der Waals surface area contributed by atoms with E-state index in [1.807, 2.05) is 0 Å². The fourth-order valence-electron chi connectivity index (χ4n) is 3.11. The van der Waals surface area contributed by atoms with Gasteiger partial charge >= 0.3 is 5.97 Å². The molecule has 2 fully saturated rings. The molecule has 4 nitrogen and oxygen atoms in total. The minimum absolute atomic E-state index is 0.0903. The average Bonchev–Trinajstić information content (AvgIpc) is 3.06. The van der Waals surface area contributed by atoms with Crippen molar-refractivity contribution < 1.29 is 9.53 Å². The van der Waals surface area contributed by atoms with Gasteiger partial charge in [-0.3, -0.25) is 4.79 Å². The lowest BCUT2D eigenvalue weighted by atomic mass is 9.95. The Balaban J connectivity index is 1.93. The van der Waals surface area contributed by atoms with Crippen LogP contribution in [0.5, 0.6) is 0 Å². The van der Waals surface area contributed by atoms with Gasteiger partial charge in [0.1, 0.15) is 6.04 Å². The van der Waals surface area contributed by atoms with Crippen LogP contribution in [0, 0.1) is 5.92 Å². The maximum Gasteiger partial charge on any atom is 0.323 e. The molecule has 104 valence electrons. The van der Waals surface area contributed by atoms with Crippen molar-refractivity contribution in [2.45, 2.75) is 50.1 Å². The molecule has 18 heavy (non-hydrogen) atoms. The molecule has 2 aliphatic rings. The molecule has 0 radical (unpaired) electrons. The molecule has 0 aromatic heterocycles. The highest BCUT2D eigenvalue weighted by atomic mass is 16.5. The normalized spacial score (nSPS) is 24.2. The number of likely N-dealkylation sites (N-methyl/N-ethyl adjacent to an activating group) is 1. The van der Waals surface area contributed by atoms with Gasteiger partial charge in [0.25, 0.3) is 0 Å². The van der Waals surface area contributed by atoms with Gasteiger partial charge in [0.05, 0.1) is 7.11 Å². The van der Waals surface area contributed by atoms with Gasteiger partial charge in [-0.15, -0.1) is 0 Å². The van der Waals surface area contributed by atoms with Crippen LogP contribution in [0.25, 0.3) is 0 Å². The van der Waals surface area contributed by atoms with E-state index in [1.165, 1.54) is 32.8 Å². The first kappa shape index (κ1) is 13.8. The van der Waals surface area contributed by atoms with E-state index in [0.29, 0.717) is 5.92 Å². The first-order valence-electron chi connectivity index (χ1n) is 7.08. The van der Waals surface area contributed by atoms with Crippen molar-refractivity contribution in [3.8, 4) is 0 Å². The second kappa shape index (κ2) is 5.57. The number of carbonyl (C=O) groups excluding carboxylic acids is 1. The van der Waals surface area contributed by atoms with Gasteiger partial charge in [-0.25, -0.2) is 0 Å². The molecule has 1 N–H and O–H groups in total. The summed E-state index contributed by atoms with van der Waals surface area (Å²) in [4.78, 5) is 14.1. The molecule has 0 saturated heterocycles. The summed E-state index contributed by atoms with van der Waals surface area (Å²) in [6, 6.07) is -0.0903. The highest BCUT2D eigenvalue weighted by molar-refractivity contribution is 5.76. The summed E-state index contributed by atoms with van der Waals surface area (Å²) in [7, 11) is 5.78. The quantitative estimate of drug-likeness (QED) is 0.728. The zero-order valence-corrected chi connectivity index (χ0v) is 11.9. The summed E-state index contributed by atoms with van der Waals surface area (Å²) >= 11 is 0. The van der Waals surface area contributed by atoms with E-state index in [1.54, 1.807) is 0 Å². The fourth-order valence-corrected chi connectivity index (χ4v) is 3.11. The smallest absolute Gasteiger partial charge is 0.323 e. The zero-order chi connectivity index (χ0) is 13.2. The monoisotopic (exact) mass is 254 g/mol. The average molecular weight is 254 g/mol. The van der Waals surface area contributed by atoms with E-state index < -0.39 is 0 Å². The molecule has 2 aliphatic carbocycles. The van der Waals surface area contributed by atoms with Crippen LogP contribution >= 0.6 is 0 Å². The second-order valence-corrected chi connectivity index (χ2v) is 6.05. The molecule has 0 spiro atoms. The van der Waals surface area contributed by atoms with Crippen LogP contribution in [0.3, 0.4) is 0 Å². The summed E-state index contributed by atoms with van der Waals surface area (Å²) in [5, 5.41) is 3.48. The number of esters is 1. The van der Waals surface area contributed by atoms with Crippen molar-refractivity contribution in [3.05, 3.63) is 0 Å². The number of ether oxygens (including phenoxy) is 1. The Morgan fingerprint density at radius 3 is 2.44 bits per heavy atom. The number of hydrogen-bond donors (Lipinski definition) is 1. The third-order valence-corrected chi connectivity index (χ3v) is 4.68. The highest BCUT2D eigenvalue weighted by Crippen LogP contribution is 2.36. The van der Waals surface area contributed by atoms with E-state index in [-0.39, 0.29) is 17.6 Å². The summed E-state index contributed by atoms with van der Waals surface area (Å²) in [6.45, 7) is 0.899. The van der Waals surface area contributed by atoms with E-state index in [4.69, 9.17) is 4.74 Å². The maximum absolute atomic E-state index is 11.8. The molecule has 0 aromatic rings. The molecule has 0 bridgehead atoms. The third kappa shape index (κ3) is 2.86. The number of methoxy groups -OCH3 is 1. The number of nitrogens with one attached hydrogen (secondary N) is 1. The molecule has 0 aromatic carbocycles. The molecule has 2 rings (SSSR count). The van der Waals surface area contributed by atoms with Crippen LogP contribution in [-0.2, 0) is 9.53 Å². The summed E-state index contributed by atoms with van der Waals surface area (Å²) in [5.41, 5.74) is 0.237. The van der Waals surface area contributed by atoms with Crippen LogP contribution < -0.4 is 5.32 Å². The largest absolute Gasteiger partial charge is 0.468 e. The van der Waals surface area contributed by atoms with Crippen molar-refractivity contribution in [1.82, 2.24) is 10.2 Å². The van der Waals surface area contributed by atoms with Gasteiger partial charge in [-0.2, -0.15) is 0 Å². The van der Waals surface area contributed by atoms with Crippen LogP contribution in [-0.4, -0.2) is 50.2 Å². The predicted molar refractivity (Wildman–Crippen MR) is 71.4 cm³/mol. The Labute approximate surface area is 110 Å². The van der Waals surface area contributed by atoms with Crippen LogP contribution in [0.1, 0.15) is 38.5 Å². The van der Waals surface area contributed by atoms with Gasteiger partial charge < -0.3 is 15.0 Å². The van der Waals surface area contributed by atoms with Gasteiger partial charge in [0.15, 0.2) is 0 Å². The van der Waals surface area contributed by atoms with E-state index in [9.17, 15) is 4.79 Å². The van der Waals surface area contributed by atoms with E-state index >= 15 is 0 Å². The van der Waals surface area contributed by atoms with E-state index in [0.717, 1.165) is 19.4 Å². The highest BCUT2D eigenvalue weighted by Gasteiger charge is 2.41. The van der Waals surface area contributed by atoms with Crippen molar-refractivity contribution in [1.29, 1.82) is 0 Å². The lowest BCUT2D eigenvalue weighted by molar-refractivity contribution is -0.143. The first-order valence-corrected chi connectivity index (χ1v) is 7.08. The van der Waals surface area contributed by atoms with Crippen molar-refractivity contribution in [2.75, 3.05) is 27.7 Å². The van der Waals surface area contributed by atoms with E-state index in [2.05, 4.69) is 24.3 Å². The van der Waals surface area contributed by atoms with Gasteiger partial charge in [-0.1, -0.05) is 12.8 Å². The van der Waals surface area contributed by atoms with Crippen LogP contribution in [0.15, 0.2) is 0 Å². The minimum atomic E-state index is -0.0931. The SMILES string of the molecule is COC(=O)C(NCC1(N(C)C)CCCC1)C1CC1. The predicted octanol–water partition coefficient (Wildman–Crippen LogP) is 1.40. The molecule has 1 unspecified atom stereocenters. The fraction of sp³-hybridized carbons (Fsp3) is 0.929. The first-order chi connectivity index (χ1) is 8.59. The number of hydrogen-bond acceptors (Lipinski definition) is 4. The molecule has 1 atom stereocenters. The van der Waals surface area contributed by atoms with Gasteiger partial charge in [0.2, 0.25) is 0 Å². The lowest BCUT2D eigenvalue weighted by Gasteiger charge is -2.37. The van der Waals surface area contributed by atoms with Crippen molar-refractivity contribution >= 4 is 5.97 Å². The van der Waals surface area contributed by atoms with Crippen LogP contribution in [0.2, 0.25) is 0 Å². The van der Waals surface area contributed by atoms with Gasteiger partial charge in [-0.05, 0) is 45.7 Å². The number of rotatable bonds is 6. The van der Waals surface area contributed by atoms with Crippen molar-refractivity contribution in [2.24, 2.45) is 5.92 Å². The summed E-state index contributed by atoms with van der Waals surface area (Å²) in [6.07, 6.45) is 7.36. The Bertz CT molecular complexity index is 294. The number of nitrogens with zero attached hydrogens (tertiary/aromatic N) is 1. The van der Waals surface area contributed by atoms with Crippen LogP contribution in [0.4, 0.5) is 0 Å². The topological polar surface area (TPSA) is 41.6 Å². The lowest BCUT2D eigenvalue weighted by Crippen LogP contribution is -2.53. The molecule has 0 amide bonds. The Morgan fingerprint density at radius 2 is 2.00 bits per heavy atom. The van der Waals surface area contributed by atoms with Crippen molar-refractivity contribution in [3.63, 3.8) is 0 Å². The molecular weight excluding hydrogens is 228 g/mol. The Kier molecular flexibility index (Phi) is 4.28. The molecule has 0 aliphatic heterocycles. The third-order valence-electron chi connectivity index (χ3n) is 4.68. The summed E-state index contributed by atoms with van der Waals surface area (Å²) in [5.74, 6) is 0.405. The minimum Gasteiger partial charge on any atom is -0.468 e. The second-order valence-electron chi connectivity index (χ2n) is 6.05. The molecule has 0 heterocycles. The Morgan fingerprint density at radius 1 is 1.39 bits per heavy atom.